The third-order valence-electron chi connectivity index (χ3n) is 5.44. The fraction of sp³-hybridized carbons (Fsp3) is 0.435. The van der Waals surface area contributed by atoms with Gasteiger partial charge in [0.2, 0.25) is 5.91 Å². The molecule has 1 aliphatic rings. The fourth-order valence-electron chi connectivity index (χ4n) is 3.84. The van der Waals surface area contributed by atoms with E-state index in [1.807, 2.05) is 37.3 Å². The molecule has 0 saturated heterocycles. The van der Waals surface area contributed by atoms with E-state index >= 15 is 0 Å². The number of anilines is 2. The van der Waals surface area contributed by atoms with Crippen LogP contribution in [0.2, 0.25) is 0 Å². The number of hydrogen-bond acceptors (Lipinski definition) is 3. The highest BCUT2D eigenvalue weighted by Gasteiger charge is 2.35. The van der Waals surface area contributed by atoms with Gasteiger partial charge in [-0.1, -0.05) is 55.8 Å². The zero-order valence-electron chi connectivity index (χ0n) is 18.0. The van der Waals surface area contributed by atoms with E-state index in [9.17, 15) is 13.2 Å². The topological polar surface area (TPSA) is 57.7 Å². The number of rotatable bonds is 7. The molecule has 0 N–H and O–H groups in total. The predicted molar refractivity (Wildman–Crippen MR) is 126 cm³/mol. The molecule has 0 atom stereocenters. The maximum absolute atomic E-state index is 13.9. The van der Waals surface area contributed by atoms with Crippen LogP contribution in [0, 0.1) is 0 Å². The summed E-state index contributed by atoms with van der Waals surface area (Å²) in [6.07, 6.45) is 1.67. The highest BCUT2D eigenvalue weighted by atomic mass is 79.9. The Morgan fingerprint density at radius 2 is 1.83 bits per heavy atom. The lowest BCUT2D eigenvalue weighted by Gasteiger charge is -2.27. The molecule has 2 aromatic rings. The Hall–Kier alpha value is -1.86. The van der Waals surface area contributed by atoms with Crippen molar-refractivity contribution in [1.29, 1.82) is 0 Å². The molecule has 0 saturated carbocycles. The second kappa shape index (κ2) is 9.10. The van der Waals surface area contributed by atoms with Gasteiger partial charge in [0.05, 0.1) is 11.4 Å². The van der Waals surface area contributed by atoms with Gasteiger partial charge in [-0.05, 0) is 54.2 Å². The van der Waals surface area contributed by atoms with Gasteiger partial charge in [-0.2, -0.15) is 0 Å². The van der Waals surface area contributed by atoms with Crippen LogP contribution in [-0.4, -0.2) is 27.4 Å². The lowest BCUT2D eigenvalue weighted by Crippen LogP contribution is -2.34. The van der Waals surface area contributed by atoms with E-state index in [0.29, 0.717) is 54.1 Å². The lowest BCUT2D eigenvalue weighted by molar-refractivity contribution is -0.118. The van der Waals surface area contributed by atoms with Crippen LogP contribution in [0.1, 0.15) is 57.6 Å². The normalized spacial score (nSPS) is 13.6. The van der Waals surface area contributed by atoms with Crippen LogP contribution in [-0.2, 0) is 21.2 Å². The number of sulfonamides is 1. The predicted octanol–water partition coefficient (Wildman–Crippen LogP) is 5.48. The summed E-state index contributed by atoms with van der Waals surface area (Å²) in [5, 5.41) is 0. The summed E-state index contributed by atoms with van der Waals surface area (Å²) in [5.41, 5.74) is 3.22. The van der Waals surface area contributed by atoms with Crippen molar-refractivity contribution in [2.45, 2.75) is 57.8 Å². The van der Waals surface area contributed by atoms with Crippen LogP contribution in [0.3, 0.4) is 0 Å². The monoisotopic (exact) mass is 492 g/mol. The van der Waals surface area contributed by atoms with E-state index in [2.05, 4.69) is 29.8 Å². The molecule has 7 heteroatoms. The van der Waals surface area contributed by atoms with E-state index in [-0.39, 0.29) is 10.8 Å². The molecule has 30 heavy (non-hydrogen) atoms. The standard InChI is InChI=1S/C23H29BrN2O3S/c1-5-12-26(20-9-7-17(8-10-20)16(3)4)30(28,29)21-15-19(24)14-18-11-13-25(23(18)21)22(27)6-2/h7-10,14-16H,5-6,11-13H2,1-4H3. The van der Waals surface area contributed by atoms with Crippen LogP contribution in [0.4, 0.5) is 11.4 Å². The van der Waals surface area contributed by atoms with Gasteiger partial charge in [-0.25, -0.2) is 8.42 Å². The number of nitrogens with zero attached hydrogens (tertiary/aromatic N) is 2. The van der Waals surface area contributed by atoms with Crippen LogP contribution in [0.15, 0.2) is 45.8 Å². The van der Waals surface area contributed by atoms with Crippen LogP contribution in [0.5, 0.6) is 0 Å². The van der Waals surface area contributed by atoms with Crippen molar-refractivity contribution in [3.05, 3.63) is 52.0 Å². The van der Waals surface area contributed by atoms with Gasteiger partial charge >= 0.3 is 0 Å². The summed E-state index contributed by atoms with van der Waals surface area (Å²) in [5.74, 6) is 0.313. The number of benzene rings is 2. The molecular formula is C23H29BrN2O3S. The van der Waals surface area contributed by atoms with Gasteiger partial charge in [0.1, 0.15) is 4.90 Å². The molecule has 0 aromatic heterocycles. The third kappa shape index (κ3) is 4.28. The number of carbonyl (C=O) groups is 1. The average Bonchev–Trinajstić information content (AvgIpc) is 3.14. The third-order valence-corrected chi connectivity index (χ3v) is 7.74. The first-order chi connectivity index (χ1) is 14.2. The SMILES string of the molecule is CCCN(c1ccc(C(C)C)cc1)S(=O)(=O)c1cc(Br)cc2c1N(C(=O)CC)CC2. The van der Waals surface area contributed by atoms with Crippen LogP contribution in [0.25, 0.3) is 0 Å². The molecule has 5 nitrogen and oxygen atoms in total. The van der Waals surface area contributed by atoms with Crippen LogP contribution < -0.4 is 9.21 Å². The zero-order chi connectivity index (χ0) is 22.1. The number of fused-ring (bicyclic) bond motifs is 1. The highest BCUT2D eigenvalue weighted by Crippen LogP contribution is 2.40. The Morgan fingerprint density at radius 3 is 2.40 bits per heavy atom. The van der Waals surface area contributed by atoms with Crippen molar-refractivity contribution >= 4 is 43.2 Å². The van der Waals surface area contributed by atoms with Crippen molar-refractivity contribution in [2.24, 2.45) is 0 Å². The molecule has 0 radical (unpaired) electrons. The van der Waals surface area contributed by atoms with Gasteiger partial charge in [-0.3, -0.25) is 9.10 Å². The Kier molecular flexibility index (Phi) is 6.92. The summed E-state index contributed by atoms with van der Waals surface area (Å²) < 4.78 is 29.9. The van der Waals surface area contributed by atoms with Gasteiger partial charge in [0.25, 0.3) is 10.0 Å². The summed E-state index contributed by atoms with van der Waals surface area (Å²) in [6, 6.07) is 11.2. The van der Waals surface area contributed by atoms with Crippen LogP contribution >= 0.6 is 15.9 Å². The maximum atomic E-state index is 13.9. The Bertz CT molecular complexity index is 1030. The largest absolute Gasteiger partial charge is 0.310 e. The first kappa shape index (κ1) is 22.8. The number of amides is 1. The summed E-state index contributed by atoms with van der Waals surface area (Å²) in [7, 11) is -3.86. The molecule has 2 aromatic carbocycles. The summed E-state index contributed by atoms with van der Waals surface area (Å²) in [4.78, 5) is 14.3. The van der Waals surface area contributed by atoms with Crippen molar-refractivity contribution in [1.82, 2.24) is 0 Å². The molecular weight excluding hydrogens is 464 g/mol. The molecule has 0 unspecified atom stereocenters. The van der Waals surface area contributed by atoms with Gasteiger partial charge in [-0.15, -0.1) is 0 Å². The van der Waals surface area contributed by atoms with E-state index in [1.54, 1.807) is 17.9 Å². The zero-order valence-corrected chi connectivity index (χ0v) is 20.4. The van der Waals surface area contributed by atoms with E-state index in [4.69, 9.17) is 0 Å². The molecule has 0 aliphatic carbocycles. The van der Waals surface area contributed by atoms with E-state index < -0.39 is 10.0 Å². The Morgan fingerprint density at radius 1 is 1.17 bits per heavy atom. The molecule has 1 heterocycles. The Balaban J connectivity index is 2.14. The van der Waals surface area contributed by atoms with Crippen molar-refractivity contribution < 1.29 is 13.2 Å². The van der Waals surface area contributed by atoms with Crippen molar-refractivity contribution in [3.8, 4) is 0 Å². The molecule has 0 bridgehead atoms. The first-order valence-electron chi connectivity index (χ1n) is 10.5. The number of hydrogen-bond donors (Lipinski definition) is 0. The minimum absolute atomic E-state index is 0.0594. The number of halogens is 1. The Labute approximate surface area is 188 Å². The minimum Gasteiger partial charge on any atom is -0.310 e. The highest BCUT2D eigenvalue weighted by molar-refractivity contribution is 9.10. The van der Waals surface area contributed by atoms with Crippen molar-refractivity contribution in [3.63, 3.8) is 0 Å². The molecule has 1 aliphatic heterocycles. The second-order valence-electron chi connectivity index (χ2n) is 7.88. The summed E-state index contributed by atoms with van der Waals surface area (Å²) in [6.45, 7) is 8.86. The first-order valence-corrected chi connectivity index (χ1v) is 12.7. The van der Waals surface area contributed by atoms with E-state index in [0.717, 1.165) is 11.1 Å². The average molecular weight is 493 g/mol. The maximum Gasteiger partial charge on any atom is 0.266 e. The fourth-order valence-corrected chi connectivity index (χ4v) is 6.32. The van der Waals surface area contributed by atoms with Gasteiger partial charge < -0.3 is 4.90 Å². The molecule has 0 fully saturated rings. The number of carbonyl (C=O) groups excluding carboxylic acids is 1. The second-order valence-corrected chi connectivity index (χ2v) is 10.6. The lowest BCUT2D eigenvalue weighted by atomic mass is 10.0. The molecule has 3 rings (SSSR count). The molecule has 1 amide bonds. The van der Waals surface area contributed by atoms with Gasteiger partial charge in [0.15, 0.2) is 0 Å². The van der Waals surface area contributed by atoms with Gasteiger partial charge in [0, 0.05) is 24.0 Å². The molecule has 0 spiro atoms. The quantitative estimate of drug-likeness (QED) is 0.514. The minimum atomic E-state index is -3.86. The van der Waals surface area contributed by atoms with E-state index in [1.165, 1.54) is 4.31 Å². The van der Waals surface area contributed by atoms with Crippen molar-refractivity contribution in [2.75, 3.05) is 22.3 Å². The summed E-state index contributed by atoms with van der Waals surface area (Å²) >= 11 is 3.47. The molecule has 162 valence electrons. The smallest absolute Gasteiger partial charge is 0.266 e.